The van der Waals surface area contributed by atoms with E-state index in [0.29, 0.717) is 16.7 Å². The molecule has 0 unspecified atom stereocenters. The van der Waals surface area contributed by atoms with Gasteiger partial charge in [-0.2, -0.15) is 0 Å². The third kappa shape index (κ3) is 3.37. The van der Waals surface area contributed by atoms with Crippen molar-refractivity contribution in [3.05, 3.63) is 107 Å². The van der Waals surface area contributed by atoms with E-state index in [1.165, 1.54) is 0 Å². The summed E-state index contributed by atoms with van der Waals surface area (Å²) in [6.45, 7) is 2.17. The molecule has 0 spiro atoms. The molecule has 4 rings (SSSR count). The Morgan fingerprint density at radius 2 is 1.34 bits per heavy atom. The molecule has 0 atom stereocenters. The van der Waals surface area contributed by atoms with Crippen molar-refractivity contribution in [2.24, 2.45) is 0 Å². The summed E-state index contributed by atoms with van der Waals surface area (Å²) in [4.78, 5) is 39.5. The number of ketones is 2. The Morgan fingerprint density at radius 3 is 1.93 bits per heavy atom. The van der Waals surface area contributed by atoms with Gasteiger partial charge in [-0.1, -0.05) is 72.3 Å². The molecular weight excluding hydrogens is 364 g/mol. The number of carbonyl (C=O) groups is 3. The first-order valence-electron chi connectivity index (χ1n) is 9.38. The number of aryl methyl sites for hydroxylation is 1. The van der Waals surface area contributed by atoms with Crippen molar-refractivity contribution >= 4 is 17.5 Å². The van der Waals surface area contributed by atoms with E-state index in [1.54, 1.807) is 36.4 Å². The minimum atomic E-state index is -1.83. The molecule has 1 amide bonds. The maximum absolute atomic E-state index is 13.3. The Bertz CT molecular complexity index is 1050. The normalized spacial score (nSPS) is 14.5. The number of amides is 1. The lowest BCUT2D eigenvalue weighted by Gasteiger charge is -2.28. The molecule has 5 nitrogen and oxygen atoms in total. The number of hydrogen-bond donors (Lipinski definition) is 2. The van der Waals surface area contributed by atoms with Gasteiger partial charge >= 0.3 is 0 Å². The lowest BCUT2D eigenvalue weighted by molar-refractivity contribution is 0.0652. The molecule has 2 N–H and O–H groups in total. The second-order valence-corrected chi connectivity index (χ2v) is 7.11. The molecule has 1 aliphatic carbocycles. The minimum Gasteiger partial charge on any atom is -0.321 e. The fourth-order valence-electron chi connectivity index (χ4n) is 3.48. The van der Waals surface area contributed by atoms with E-state index in [0.717, 1.165) is 11.1 Å². The van der Waals surface area contributed by atoms with Crippen LogP contribution in [-0.2, 0) is 6.54 Å². The van der Waals surface area contributed by atoms with Crippen molar-refractivity contribution in [3.63, 3.8) is 0 Å². The van der Waals surface area contributed by atoms with Gasteiger partial charge < -0.3 is 5.32 Å². The van der Waals surface area contributed by atoms with Crippen LogP contribution in [-0.4, -0.2) is 23.1 Å². The van der Waals surface area contributed by atoms with Crippen LogP contribution in [0.3, 0.4) is 0 Å². The zero-order valence-electron chi connectivity index (χ0n) is 15.9. The first-order chi connectivity index (χ1) is 14.0. The molecule has 0 heterocycles. The highest BCUT2D eigenvalue weighted by Gasteiger charge is 2.54. The molecule has 29 heavy (non-hydrogen) atoms. The quantitative estimate of drug-likeness (QED) is 0.523. The summed E-state index contributed by atoms with van der Waals surface area (Å²) in [6, 6.07) is 23.0. The average molecular weight is 384 g/mol. The molecule has 3 aromatic carbocycles. The van der Waals surface area contributed by atoms with Gasteiger partial charge in [0.1, 0.15) is 0 Å². The fourth-order valence-corrected chi connectivity index (χ4v) is 3.48. The van der Waals surface area contributed by atoms with Crippen molar-refractivity contribution in [1.82, 2.24) is 10.6 Å². The number of nitrogens with one attached hydrogen (secondary N) is 2. The molecule has 0 saturated carbocycles. The lowest BCUT2D eigenvalue weighted by atomic mass is 10.0. The van der Waals surface area contributed by atoms with Gasteiger partial charge in [0, 0.05) is 23.2 Å². The van der Waals surface area contributed by atoms with Gasteiger partial charge in [-0.15, -0.1) is 0 Å². The van der Waals surface area contributed by atoms with Gasteiger partial charge in [0.05, 0.1) is 0 Å². The predicted octanol–water partition coefficient (Wildman–Crippen LogP) is 3.29. The highest BCUT2D eigenvalue weighted by atomic mass is 16.2. The minimum absolute atomic E-state index is 0.250. The molecule has 144 valence electrons. The van der Waals surface area contributed by atoms with Crippen molar-refractivity contribution in [1.29, 1.82) is 0 Å². The first-order valence-corrected chi connectivity index (χ1v) is 9.38. The zero-order chi connectivity index (χ0) is 20.4. The molecule has 0 bridgehead atoms. The van der Waals surface area contributed by atoms with Crippen LogP contribution in [0.15, 0.2) is 78.9 Å². The summed E-state index contributed by atoms with van der Waals surface area (Å²) in [6.07, 6.45) is 0. The summed E-state index contributed by atoms with van der Waals surface area (Å²) in [5.41, 5.74) is 1.08. The van der Waals surface area contributed by atoms with E-state index < -0.39 is 23.1 Å². The SMILES string of the molecule is Cc1ccc(C(=O)NC2(NCc3ccccc3)C(=O)c3ccccc3C2=O)cc1. The first kappa shape index (κ1) is 18.8. The van der Waals surface area contributed by atoms with Crippen LogP contribution in [0.2, 0.25) is 0 Å². The number of fused-ring (bicyclic) bond motifs is 1. The predicted molar refractivity (Wildman–Crippen MR) is 110 cm³/mol. The molecular formula is C24H20N2O3. The van der Waals surface area contributed by atoms with Gasteiger partial charge in [-0.05, 0) is 24.6 Å². The number of Topliss-reactive ketones (excluding diaryl/α,β-unsaturated/α-hetero) is 2. The number of benzene rings is 3. The Hall–Kier alpha value is -3.57. The van der Waals surface area contributed by atoms with Gasteiger partial charge in [0.25, 0.3) is 5.91 Å². The van der Waals surface area contributed by atoms with Gasteiger partial charge in [-0.3, -0.25) is 19.7 Å². The van der Waals surface area contributed by atoms with Crippen LogP contribution in [0.25, 0.3) is 0 Å². The number of rotatable bonds is 5. The second kappa shape index (κ2) is 7.45. The summed E-state index contributed by atoms with van der Waals surface area (Å²) in [5, 5.41) is 5.73. The topological polar surface area (TPSA) is 75.3 Å². The Kier molecular flexibility index (Phi) is 4.82. The summed E-state index contributed by atoms with van der Waals surface area (Å²) >= 11 is 0. The van der Waals surface area contributed by atoms with E-state index in [2.05, 4.69) is 10.6 Å². The Balaban J connectivity index is 1.70. The molecule has 5 heteroatoms. The van der Waals surface area contributed by atoms with Crippen LogP contribution in [0.5, 0.6) is 0 Å². The Labute approximate surface area is 168 Å². The third-order valence-electron chi connectivity index (χ3n) is 5.11. The maximum atomic E-state index is 13.3. The molecule has 0 aliphatic heterocycles. The van der Waals surface area contributed by atoms with Crippen molar-refractivity contribution < 1.29 is 14.4 Å². The van der Waals surface area contributed by atoms with Crippen LogP contribution < -0.4 is 10.6 Å². The van der Waals surface area contributed by atoms with E-state index in [9.17, 15) is 14.4 Å². The summed E-state index contributed by atoms with van der Waals surface area (Å²) in [5.74, 6) is -1.39. The van der Waals surface area contributed by atoms with Gasteiger partial charge in [0.2, 0.25) is 17.2 Å². The summed E-state index contributed by atoms with van der Waals surface area (Å²) < 4.78 is 0. The van der Waals surface area contributed by atoms with Crippen LogP contribution in [0.4, 0.5) is 0 Å². The zero-order valence-corrected chi connectivity index (χ0v) is 15.9. The number of hydrogen-bond acceptors (Lipinski definition) is 4. The lowest BCUT2D eigenvalue weighted by Crippen LogP contribution is -2.66. The molecule has 1 aliphatic rings. The summed E-state index contributed by atoms with van der Waals surface area (Å²) in [7, 11) is 0. The second-order valence-electron chi connectivity index (χ2n) is 7.11. The van der Waals surface area contributed by atoms with Crippen molar-refractivity contribution in [2.45, 2.75) is 19.1 Å². The van der Waals surface area contributed by atoms with Crippen molar-refractivity contribution in [2.75, 3.05) is 0 Å². The largest absolute Gasteiger partial charge is 0.321 e. The van der Waals surface area contributed by atoms with Gasteiger partial charge in [-0.25, -0.2) is 0 Å². The van der Waals surface area contributed by atoms with E-state index >= 15 is 0 Å². The average Bonchev–Trinajstić information content (AvgIpc) is 2.96. The molecule has 0 fully saturated rings. The van der Waals surface area contributed by atoms with Crippen LogP contribution >= 0.6 is 0 Å². The van der Waals surface area contributed by atoms with Crippen LogP contribution in [0.1, 0.15) is 42.2 Å². The van der Waals surface area contributed by atoms with Gasteiger partial charge in [0.15, 0.2) is 0 Å². The fraction of sp³-hybridized carbons (Fsp3) is 0.125. The monoisotopic (exact) mass is 384 g/mol. The highest BCUT2D eigenvalue weighted by Crippen LogP contribution is 2.29. The maximum Gasteiger partial charge on any atom is 0.253 e. The molecule has 3 aromatic rings. The standard InChI is InChI=1S/C24H20N2O3/c1-16-11-13-18(14-12-16)23(29)26-24(25-15-17-7-3-2-4-8-17)21(27)19-9-5-6-10-20(19)22(24)28/h2-14,25H,15H2,1H3,(H,26,29). The van der Waals surface area contributed by atoms with E-state index in [-0.39, 0.29) is 6.54 Å². The van der Waals surface area contributed by atoms with Crippen molar-refractivity contribution in [3.8, 4) is 0 Å². The number of carbonyl (C=O) groups excluding carboxylic acids is 3. The highest BCUT2D eigenvalue weighted by molar-refractivity contribution is 6.33. The van der Waals surface area contributed by atoms with E-state index in [4.69, 9.17) is 0 Å². The smallest absolute Gasteiger partial charge is 0.253 e. The van der Waals surface area contributed by atoms with E-state index in [1.807, 2.05) is 49.4 Å². The third-order valence-corrected chi connectivity index (χ3v) is 5.11. The molecule has 0 radical (unpaired) electrons. The van der Waals surface area contributed by atoms with Crippen LogP contribution in [0, 0.1) is 6.92 Å². The Morgan fingerprint density at radius 1 is 0.793 bits per heavy atom. The molecule has 0 aromatic heterocycles. The molecule has 0 saturated heterocycles.